The molecule has 3 aromatic carbocycles. The van der Waals surface area contributed by atoms with Crippen molar-refractivity contribution in [3.8, 4) is 5.75 Å². The van der Waals surface area contributed by atoms with Gasteiger partial charge in [-0.1, -0.05) is 65.2 Å². The fourth-order valence-electron chi connectivity index (χ4n) is 9.14. The van der Waals surface area contributed by atoms with Crippen LogP contribution in [0.4, 0.5) is 24.7 Å². The zero-order valence-electron chi connectivity index (χ0n) is 29.6. The summed E-state index contributed by atoms with van der Waals surface area (Å²) >= 11 is 12.6. The molecule has 2 N–H and O–H groups in total. The first-order valence-corrected chi connectivity index (χ1v) is 18.4. The van der Waals surface area contributed by atoms with Gasteiger partial charge in [0.15, 0.2) is 11.6 Å². The van der Waals surface area contributed by atoms with Crippen LogP contribution in [0.25, 0.3) is 0 Å². The smallest absolute Gasteiger partial charge is 0.417 e. The second kappa shape index (κ2) is 13.3. The molecule has 4 aliphatic rings. The Labute approximate surface area is 327 Å². The number of ketones is 1. The van der Waals surface area contributed by atoms with E-state index < -0.39 is 75.4 Å². The standard InChI is InChI=1S/C41H31Cl2F3N4O6/c1-19-4-3-5-28(34(19)52)33-26-14-15-27-32(38(55)49(36(27)53)25-12-6-21(7-13-25)20(2)51)29(26)17-30-37(54)50(39(56)40(30,33)22-8-10-24(42)11-9-22)48-35-31(43)16-23(18-47-35)41(44,45)46/h3-14,16,18,27,29-30,32-33,52H,15,17H2,1-2H3,(H,47,48)/t27-,29+,30-,32-,33+,40+/m0/s1. The minimum atomic E-state index is -4.76. The maximum Gasteiger partial charge on any atom is 0.417 e. The Kier molecular flexibility index (Phi) is 8.88. The number of phenolic OH excluding ortho intramolecular Hbond substituents is 1. The highest BCUT2D eigenvalue weighted by atomic mass is 35.5. The van der Waals surface area contributed by atoms with Crippen LogP contribution >= 0.6 is 23.2 Å². The molecule has 1 aromatic heterocycles. The number of anilines is 2. The van der Waals surface area contributed by atoms with E-state index in [9.17, 15) is 37.5 Å². The van der Waals surface area contributed by atoms with Crippen molar-refractivity contribution in [3.05, 3.63) is 129 Å². The van der Waals surface area contributed by atoms with Gasteiger partial charge >= 0.3 is 6.18 Å². The second-order valence-electron chi connectivity index (χ2n) is 14.5. The van der Waals surface area contributed by atoms with Crippen LogP contribution in [0.3, 0.4) is 0 Å². The number of allylic oxidation sites excluding steroid dienone is 2. The van der Waals surface area contributed by atoms with Crippen molar-refractivity contribution < 1.29 is 42.3 Å². The highest BCUT2D eigenvalue weighted by molar-refractivity contribution is 6.33. The fraction of sp³-hybridized carbons (Fsp3) is 0.268. The van der Waals surface area contributed by atoms with E-state index in [-0.39, 0.29) is 35.9 Å². The van der Waals surface area contributed by atoms with Crippen LogP contribution in [-0.4, -0.2) is 44.5 Å². The number of halogens is 5. The van der Waals surface area contributed by atoms with E-state index in [2.05, 4.69) is 10.4 Å². The van der Waals surface area contributed by atoms with Gasteiger partial charge in [0.1, 0.15) is 5.75 Å². The number of hydrogen-bond donors (Lipinski definition) is 2. The van der Waals surface area contributed by atoms with Gasteiger partial charge in [-0.3, -0.25) is 34.3 Å². The van der Waals surface area contributed by atoms with Crippen molar-refractivity contribution in [3.63, 3.8) is 0 Å². The monoisotopic (exact) mass is 802 g/mol. The number of rotatable bonds is 6. The number of aryl methyl sites for hydroxylation is 1. The number of Topliss-reactive ketones (excluding diaryl/α,β-unsaturated/α-hetero) is 1. The number of nitrogens with zero attached hydrogens (tertiary/aromatic N) is 3. The maximum atomic E-state index is 15.3. The zero-order chi connectivity index (χ0) is 40.0. The highest BCUT2D eigenvalue weighted by Crippen LogP contribution is 2.65. The van der Waals surface area contributed by atoms with Gasteiger partial charge in [-0.05, 0) is 86.2 Å². The van der Waals surface area contributed by atoms with Gasteiger partial charge in [-0.15, -0.1) is 0 Å². The van der Waals surface area contributed by atoms with Crippen LogP contribution in [0.1, 0.15) is 58.3 Å². The molecule has 56 heavy (non-hydrogen) atoms. The van der Waals surface area contributed by atoms with Crippen molar-refractivity contribution in [2.24, 2.45) is 23.7 Å². The Bertz CT molecular complexity index is 2400. The van der Waals surface area contributed by atoms with E-state index in [0.717, 1.165) is 4.90 Å². The minimum absolute atomic E-state index is 0.0915. The first-order valence-electron chi connectivity index (χ1n) is 17.7. The number of imide groups is 2. The van der Waals surface area contributed by atoms with Crippen molar-refractivity contribution in [1.82, 2.24) is 9.99 Å². The molecule has 10 nitrogen and oxygen atoms in total. The van der Waals surface area contributed by atoms with Crippen molar-refractivity contribution in [2.45, 2.75) is 44.2 Å². The molecule has 3 heterocycles. The van der Waals surface area contributed by atoms with Crippen LogP contribution < -0.4 is 10.3 Å². The summed E-state index contributed by atoms with van der Waals surface area (Å²) in [7, 11) is 0. The number of amides is 4. The second-order valence-corrected chi connectivity index (χ2v) is 15.4. The van der Waals surface area contributed by atoms with Crippen LogP contribution in [0, 0.1) is 30.6 Å². The third-order valence-electron chi connectivity index (χ3n) is 11.7. The molecular weight excluding hydrogens is 772 g/mol. The van der Waals surface area contributed by atoms with Gasteiger partial charge < -0.3 is 5.11 Å². The summed E-state index contributed by atoms with van der Waals surface area (Å²) in [4.78, 5) is 75.6. The van der Waals surface area contributed by atoms with Crippen LogP contribution in [-0.2, 0) is 30.8 Å². The molecule has 15 heteroatoms. The lowest BCUT2D eigenvalue weighted by atomic mass is 9.49. The summed E-state index contributed by atoms with van der Waals surface area (Å²) in [6.07, 6.45) is -2.40. The SMILES string of the molecule is CC(=O)c1ccc(N2C(=O)[C@H]3[C@H](CC=C4[C@H]3C[C@H]3C(=O)N(Nc5ncc(C(F)(F)F)cc5Cl)C(=O)[C@@]3(c3ccc(Cl)cc3)[C@H]4c3cccc(C)c3O)C2=O)cc1. The van der Waals surface area contributed by atoms with Gasteiger partial charge in [0, 0.05) is 28.3 Å². The third kappa shape index (κ3) is 5.54. The topological polar surface area (TPSA) is 137 Å². The summed E-state index contributed by atoms with van der Waals surface area (Å²) in [5.41, 5.74) is 2.02. The number of para-hydroxylation sites is 1. The lowest BCUT2D eigenvalue weighted by molar-refractivity contribution is -0.139. The number of aromatic hydroxyl groups is 1. The first-order chi connectivity index (χ1) is 26.5. The van der Waals surface area contributed by atoms with Gasteiger partial charge in [-0.25, -0.2) is 4.98 Å². The van der Waals surface area contributed by atoms with E-state index in [1.807, 2.05) is 6.08 Å². The average Bonchev–Trinajstić information content (AvgIpc) is 3.54. The summed E-state index contributed by atoms with van der Waals surface area (Å²) in [6, 6.07) is 18.1. The lowest BCUT2D eigenvalue weighted by Crippen LogP contribution is -2.53. The van der Waals surface area contributed by atoms with E-state index in [1.165, 1.54) is 31.2 Å². The van der Waals surface area contributed by atoms with E-state index in [0.29, 0.717) is 50.1 Å². The molecule has 0 radical (unpaired) electrons. The number of fused-ring (bicyclic) bond motifs is 4. The number of pyridine rings is 1. The van der Waals surface area contributed by atoms with Crippen molar-refractivity contribution in [2.75, 3.05) is 10.3 Å². The van der Waals surface area contributed by atoms with Gasteiger partial charge in [0.2, 0.25) is 11.8 Å². The summed E-state index contributed by atoms with van der Waals surface area (Å²) < 4.78 is 40.5. The normalized spacial score (nSPS) is 25.8. The Morgan fingerprint density at radius 2 is 1.64 bits per heavy atom. The molecule has 4 amide bonds. The lowest BCUT2D eigenvalue weighted by Gasteiger charge is -2.50. The van der Waals surface area contributed by atoms with E-state index in [1.54, 1.807) is 49.4 Å². The first kappa shape index (κ1) is 37.4. The van der Waals surface area contributed by atoms with Gasteiger partial charge in [0.05, 0.1) is 39.4 Å². The summed E-state index contributed by atoms with van der Waals surface area (Å²) in [6.45, 7) is 3.08. The van der Waals surface area contributed by atoms with Gasteiger partial charge in [0.25, 0.3) is 11.8 Å². The predicted molar refractivity (Wildman–Crippen MR) is 199 cm³/mol. The van der Waals surface area contributed by atoms with Crippen LogP contribution in [0.15, 0.2) is 90.6 Å². The Hall–Kier alpha value is -5.53. The Balaban J connectivity index is 1.30. The molecule has 0 unspecified atom stereocenters. The number of phenols is 1. The number of aromatic nitrogens is 1. The molecule has 1 saturated carbocycles. The Morgan fingerprint density at radius 3 is 2.29 bits per heavy atom. The molecular formula is C41H31Cl2F3N4O6. The molecule has 0 spiro atoms. The predicted octanol–water partition coefficient (Wildman–Crippen LogP) is 7.81. The molecule has 8 rings (SSSR count). The number of alkyl halides is 3. The molecule has 286 valence electrons. The number of carbonyl (C=O) groups is 5. The van der Waals surface area contributed by atoms with Gasteiger partial charge in [-0.2, -0.15) is 18.2 Å². The maximum absolute atomic E-state index is 15.3. The van der Waals surface area contributed by atoms with Crippen molar-refractivity contribution in [1.29, 1.82) is 0 Å². The highest BCUT2D eigenvalue weighted by Gasteiger charge is 2.70. The number of benzene rings is 3. The Morgan fingerprint density at radius 1 is 0.946 bits per heavy atom. The molecule has 4 aromatic rings. The third-order valence-corrected chi connectivity index (χ3v) is 12.2. The molecule has 3 fully saturated rings. The molecule has 6 atom stereocenters. The fourth-order valence-corrected chi connectivity index (χ4v) is 9.48. The summed E-state index contributed by atoms with van der Waals surface area (Å²) in [5, 5.41) is 12.3. The van der Waals surface area contributed by atoms with E-state index in [4.69, 9.17) is 23.2 Å². The summed E-state index contributed by atoms with van der Waals surface area (Å²) in [5.74, 6) is -8.13. The van der Waals surface area contributed by atoms with Crippen LogP contribution in [0.2, 0.25) is 10.0 Å². The molecule has 2 aliphatic heterocycles. The molecule has 2 aliphatic carbocycles. The van der Waals surface area contributed by atoms with E-state index >= 15 is 4.79 Å². The van der Waals surface area contributed by atoms with Crippen molar-refractivity contribution >= 4 is 64.1 Å². The number of hydrogen-bond acceptors (Lipinski definition) is 8. The minimum Gasteiger partial charge on any atom is -0.507 e. The number of carbonyl (C=O) groups excluding carboxylic acids is 5. The average molecular weight is 804 g/mol. The molecule has 2 saturated heterocycles. The zero-order valence-corrected chi connectivity index (χ0v) is 31.1. The quantitative estimate of drug-likeness (QED) is 0.115. The van der Waals surface area contributed by atoms with Crippen LogP contribution in [0.5, 0.6) is 5.75 Å². The number of nitrogens with one attached hydrogen (secondary N) is 1. The molecule has 0 bridgehead atoms. The largest absolute Gasteiger partial charge is 0.507 e. The number of hydrazine groups is 1.